The van der Waals surface area contributed by atoms with Crippen LogP contribution in [0.3, 0.4) is 0 Å². The molecule has 7 nitrogen and oxygen atoms in total. The fourth-order valence-corrected chi connectivity index (χ4v) is 3.77. The lowest BCUT2D eigenvalue weighted by Gasteiger charge is -2.29. The van der Waals surface area contributed by atoms with Gasteiger partial charge in [0.05, 0.1) is 17.9 Å². The molecule has 32 heavy (non-hydrogen) atoms. The second-order valence-electron chi connectivity index (χ2n) is 8.14. The Morgan fingerprint density at radius 3 is 2.62 bits per heavy atom. The molecule has 0 radical (unpaired) electrons. The van der Waals surface area contributed by atoms with E-state index in [1.165, 1.54) is 11.1 Å². The maximum absolute atomic E-state index is 12.6. The number of amides is 2. The summed E-state index contributed by atoms with van der Waals surface area (Å²) >= 11 is 0. The molecule has 4 rings (SSSR count). The largest absolute Gasteiger partial charge is 0.482 e. The Morgan fingerprint density at radius 1 is 1.12 bits per heavy atom. The predicted octanol–water partition coefficient (Wildman–Crippen LogP) is 4.49. The molecule has 0 aliphatic carbocycles. The van der Waals surface area contributed by atoms with Crippen molar-refractivity contribution in [3.05, 3.63) is 70.6 Å². The van der Waals surface area contributed by atoms with Crippen molar-refractivity contribution in [3.8, 4) is 5.75 Å². The van der Waals surface area contributed by atoms with E-state index in [2.05, 4.69) is 41.7 Å². The van der Waals surface area contributed by atoms with Crippen molar-refractivity contribution in [2.45, 2.75) is 46.6 Å². The van der Waals surface area contributed by atoms with Crippen LogP contribution < -0.4 is 15.0 Å². The van der Waals surface area contributed by atoms with Crippen molar-refractivity contribution in [2.24, 2.45) is 0 Å². The van der Waals surface area contributed by atoms with Crippen LogP contribution in [-0.4, -0.2) is 23.6 Å². The SMILES string of the molecule is Cc1ccc(CCCC(=O)Nc2ccc3c(c2)N(Cc2c(C)noc2C)C(=O)CO3)cc1. The normalized spacial score (nSPS) is 13.0. The van der Waals surface area contributed by atoms with Gasteiger partial charge in [-0.05, 0) is 57.4 Å². The Kier molecular flexibility index (Phi) is 6.25. The van der Waals surface area contributed by atoms with Gasteiger partial charge in [-0.25, -0.2) is 0 Å². The number of nitrogens with one attached hydrogen (secondary N) is 1. The molecule has 0 atom stereocenters. The monoisotopic (exact) mass is 433 g/mol. The first-order valence-corrected chi connectivity index (χ1v) is 10.7. The zero-order valence-electron chi connectivity index (χ0n) is 18.6. The number of carbonyl (C=O) groups excluding carboxylic acids is 2. The van der Waals surface area contributed by atoms with Gasteiger partial charge in [-0.2, -0.15) is 0 Å². The molecule has 1 aliphatic heterocycles. The van der Waals surface area contributed by atoms with Crippen LogP contribution in [0, 0.1) is 20.8 Å². The summed E-state index contributed by atoms with van der Waals surface area (Å²) < 4.78 is 10.8. The predicted molar refractivity (Wildman–Crippen MR) is 122 cm³/mol. The molecule has 3 aromatic rings. The molecule has 1 N–H and O–H groups in total. The van der Waals surface area contributed by atoms with Gasteiger partial charge in [0.15, 0.2) is 6.61 Å². The summed E-state index contributed by atoms with van der Waals surface area (Å²) in [6.45, 7) is 6.05. The standard InChI is InChI=1S/C25H27N3O4/c1-16-7-9-19(10-8-16)5-4-6-24(29)26-20-11-12-23-22(13-20)28(25(30)15-31-23)14-21-17(2)27-32-18(21)3/h7-13H,4-6,14-15H2,1-3H3,(H,26,29). The summed E-state index contributed by atoms with van der Waals surface area (Å²) in [6, 6.07) is 13.7. The Balaban J connectivity index is 1.42. The van der Waals surface area contributed by atoms with Crippen molar-refractivity contribution in [1.29, 1.82) is 0 Å². The van der Waals surface area contributed by atoms with Crippen LogP contribution in [0.1, 0.15) is 41.0 Å². The van der Waals surface area contributed by atoms with Gasteiger partial charge >= 0.3 is 0 Å². The highest BCUT2D eigenvalue weighted by molar-refractivity contribution is 5.99. The van der Waals surface area contributed by atoms with E-state index in [1.54, 1.807) is 23.1 Å². The number of rotatable bonds is 7. The van der Waals surface area contributed by atoms with Gasteiger partial charge in [0.25, 0.3) is 5.91 Å². The Labute approximate surface area is 187 Å². The number of fused-ring (bicyclic) bond motifs is 1. The summed E-state index contributed by atoms with van der Waals surface area (Å²) in [5.74, 6) is 1.08. The highest BCUT2D eigenvalue weighted by atomic mass is 16.5. The van der Waals surface area contributed by atoms with Crippen LogP contribution >= 0.6 is 0 Å². The van der Waals surface area contributed by atoms with Gasteiger partial charge in [0.1, 0.15) is 11.5 Å². The number of anilines is 2. The lowest BCUT2D eigenvalue weighted by Crippen LogP contribution is -2.38. The number of nitrogens with zero attached hydrogens (tertiary/aromatic N) is 2. The molecule has 0 spiro atoms. The first-order valence-electron chi connectivity index (χ1n) is 10.7. The molecule has 0 fully saturated rings. The fourth-order valence-electron chi connectivity index (χ4n) is 3.77. The second kappa shape index (κ2) is 9.26. The Morgan fingerprint density at radius 2 is 1.91 bits per heavy atom. The average Bonchev–Trinajstić information content (AvgIpc) is 3.09. The number of hydrogen-bond donors (Lipinski definition) is 1. The van der Waals surface area contributed by atoms with Gasteiger partial charge < -0.3 is 19.5 Å². The van der Waals surface area contributed by atoms with Crippen molar-refractivity contribution in [3.63, 3.8) is 0 Å². The van der Waals surface area contributed by atoms with Gasteiger partial charge in [-0.15, -0.1) is 0 Å². The third kappa shape index (κ3) is 4.82. The van der Waals surface area contributed by atoms with Crippen molar-refractivity contribution in [2.75, 3.05) is 16.8 Å². The number of carbonyl (C=O) groups is 2. The van der Waals surface area contributed by atoms with Crippen molar-refractivity contribution in [1.82, 2.24) is 5.16 Å². The maximum Gasteiger partial charge on any atom is 0.265 e. The van der Waals surface area contributed by atoms with Crippen LogP contribution in [-0.2, 0) is 22.6 Å². The van der Waals surface area contributed by atoms with Crippen molar-refractivity contribution >= 4 is 23.2 Å². The number of aryl methyl sites for hydroxylation is 4. The molecule has 0 saturated heterocycles. The smallest absolute Gasteiger partial charge is 0.265 e. The zero-order chi connectivity index (χ0) is 22.7. The molecule has 0 unspecified atom stereocenters. The number of benzene rings is 2. The topological polar surface area (TPSA) is 84.7 Å². The summed E-state index contributed by atoms with van der Waals surface area (Å²) in [5, 5.41) is 6.91. The van der Waals surface area contributed by atoms with E-state index in [1.807, 2.05) is 13.8 Å². The second-order valence-corrected chi connectivity index (χ2v) is 8.14. The molecule has 0 saturated carbocycles. The molecular weight excluding hydrogens is 406 g/mol. The number of aromatic nitrogens is 1. The Bertz CT molecular complexity index is 1120. The average molecular weight is 434 g/mol. The van der Waals surface area contributed by atoms with Crippen LogP contribution in [0.2, 0.25) is 0 Å². The highest BCUT2D eigenvalue weighted by Crippen LogP contribution is 2.36. The van der Waals surface area contributed by atoms with E-state index in [4.69, 9.17) is 9.26 Å². The van der Waals surface area contributed by atoms with E-state index < -0.39 is 0 Å². The molecule has 2 amide bonds. The molecule has 1 aliphatic rings. The van der Waals surface area contributed by atoms with E-state index in [9.17, 15) is 9.59 Å². The van der Waals surface area contributed by atoms with Crippen molar-refractivity contribution < 1.29 is 18.8 Å². The highest BCUT2D eigenvalue weighted by Gasteiger charge is 2.28. The molecule has 1 aromatic heterocycles. The third-order valence-corrected chi connectivity index (χ3v) is 5.67. The van der Waals surface area contributed by atoms with Crippen LogP contribution in [0.15, 0.2) is 47.0 Å². The zero-order valence-corrected chi connectivity index (χ0v) is 18.6. The minimum Gasteiger partial charge on any atom is -0.482 e. The molecule has 7 heteroatoms. The van der Waals surface area contributed by atoms with Crippen LogP contribution in [0.5, 0.6) is 5.75 Å². The van der Waals surface area contributed by atoms with Gasteiger partial charge in [-0.1, -0.05) is 35.0 Å². The molecule has 166 valence electrons. The fraction of sp³-hybridized carbons (Fsp3) is 0.320. The van der Waals surface area contributed by atoms with E-state index in [0.29, 0.717) is 35.9 Å². The van der Waals surface area contributed by atoms with Crippen LogP contribution in [0.4, 0.5) is 11.4 Å². The van der Waals surface area contributed by atoms with E-state index in [-0.39, 0.29) is 18.4 Å². The summed E-state index contributed by atoms with van der Waals surface area (Å²) in [4.78, 5) is 26.7. The first-order chi connectivity index (χ1) is 15.4. The first kappa shape index (κ1) is 21.6. The third-order valence-electron chi connectivity index (χ3n) is 5.67. The van der Waals surface area contributed by atoms with Gasteiger partial charge in [0, 0.05) is 17.7 Å². The van der Waals surface area contributed by atoms with Crippen LogP contribution in [0.25, 0.3) is 0 Å². The molecule has 2 aromatic carbocycles. The lowest BCUT2D eigenvalue weighted by molar-refractivity contribution is -0.121. The summed E-state index contributed by atoms with van der Waals surface area (Å²) in [7, 11) is 0. The minimum atomic E-state index is -0.154. The number of hydrogen-bond acceptors (Lipinski definition) is 5. The van der Waals surface area contributed by atoms with Gasteiger partial charge in [0.2, 0.25) is 5.91 Å². The number of ether oxygens (including phenoxy) is 1. The molecular formula is C25H27N3O4. The summed E-state index contributed by atoms with van der Waals surface area (Å²) in [5.41, 5.74) is 5.33. The van der Waals surface area contributed by atoms with Gasteiger partial charge in [-0.3, -0.25) is 9.59 Å². The quantitative estimate of drug-likeness (QED) is 0.594. The molecule has 2 heterocycles. The molecule has 0 bridgehead atoms. The summed E-state index contributed by atoms with van der Waals surface area (Å²) in [6.07, 6.45) is 2.04. The maximum atomic E-state index is 12.6. The van der Waals surface area contributed by atoms with E-state index in [0.717, 1.165) is 24.1 Å². The Hall–Kier alpha value is -3.61. The minimum absolute atomic E-state index is 0.0267. The van der Waals surface area contributed by atoms with E-state index >= 15 is 0 Å². The lowest BCUT2D eigenvalue weighted by atomic mass is 10.1.